The predicted octanol–water partition coefficient (Wildman–Crippen LogP) is 0.652. The summed E-state index contributed by atoms with van der Waals surface area (Å²) in [5.41, 5.74) is 11.9. The zero-order valence-electron chi connectivity index (χ0n) is 21.5. The molecule has 5 N–H and O–H groups in total. The molecule has 0 spiro atoms. The number of benzene rings is 1. The third-order valence-electron chi connectivity index (χ3n) is 6.71. The maximum atomic E-state index is 13.5. The molecule has 208 valence electrons. The number of guanidine groups is 1. The van der Waals surface area contributed by atoms with Gasteiger partial charge in [0.15, 0.2) is 11.0 Å². The van der Waals surface area contributed by atoms with Crippen LogP contribution in [0.15, 0.2) is 46.9 Å². The maximum absolute atomic E-state index is 13.5. The van der Waals surface area contributed by atoms with Gasteiger partial charge in [-0.15, -0.1) is 11.3 Å². The molecule has 39 heavy (non-hydrogen) atoms. The first-order valence-corrected chi connectivity index (χ1v) is 14.9. The zero-order valence-corrected chi connectivity index (χ0v) is 23.2. The summed E-state index contributed by atoms with van der Waals surface area (Å²) in [7, 11) is 0. The van der Waals surface area contributed by atoms with E-state index in [1.54, 1.807) is 26.9 Å². The molecular weight excluding hydrogens is 538 g/mol. The van der Waals surface area contributed by atoms with Gasteiger partial charge in [0.05, 0.1) is 18.6 Å². The Hall–Kier alpha value is -3.45. The Bertz CT molecular complexity index is 1190. The van der Waals surface area contributed by atoms with E-state index in [4.69, 9.17) is 11.5 Å². The number of piperazine rings is 1. The van der Waals surface area contributed by atoms with Crippen molar-refractivity contribution in [3.05, 3.63) is 52.5 Å². The molecule has 0 radical (unpaired) electrons. The number of amides is 3. The number of thioether (sulfide) groups is 1. The second-order valence-corrected chi connectivity index (χ2v) is 11.4. The third-order valence-corrected chi connectivity index (χ3v) is 8.67. The molecule has 0 bridgehead atoms. The van der Waals surface area contributed by atoms with Crippen LogP contribution >= 0.6 is 23.1 Å². The van der Waals surface area contributed by atoms with Crippen LogP contribution in [0.1, 0.15) is 34.6 Å². The van der Waals surface area contributed by atoms with Crippen LogP contribution in [-0.4, -0.2) is 93.5 Å². The second kappa shape index (κ2) is 13.6. The van der Waals surface area contributed by atoms with E-state index < -0.39 is 12.1 Å². The lowest BCUT2D eigenvalue weighted by molar-refractivity contribution is -0.153. The Morgan fingerprint density at radius 3 is 2.69 bits per heavy atom. The third kappa shape index (κ3) is 7.57. The van der Waals surface area contributed by atoms with Crippen LogP contribution in [0.4, 0.5) is 0 Å². The molecule has 0 aliphatic carbocycles. The summed E-state index contributed by atoms with van der Waals surface area (Å²) in [6.45, 7) is 0.647. The fourth-order valence-electron chi connectivity index (χ4n) is 4.79. The smallest absolute Gasteiger partial charge is 0.244 e. The first-order chi connectivity index (χ1) is 18.8. The molecule has 2 aliphatic rings. The standard InChI is InChI=1S/C26H33N7O4S2/c27-26(28)30-10-4-7-19(23(36)25-29-11-12-39-25)31-24(37)20-16-38-15-18-13-32(14-22(35)33(18)20)21(34)9-8-17-5-2-1-3-6-17/h1-3,5-6,11-12,18-20H,4,7-10,13-16H2,(H,31,37)(H4,27,28,30)/t18-,19?,20+/m1/s1. The van der Waals surface area contributed by atoms with Gasteiger partial charge in [-0.1, -0.05) is 30.3 Å². The summed E-state index contributed by atoms with van der Waals surface area (Å²) >= 11 is 2.77. The van der Waals surface area contributed by atoms with E-state index in [1.807, 2.05) is 30.3 Å². The molecule has 11 nitrogen and oxygen atoms in total. The Labute approximate surface area is 235 Å². The Morgan fingerprint density at radius 2 is 1.97 bits per heavy atom. The summed E-state index contributed by atoms with van der Waals surface area (Å²) in [5, 5.41) is 4.87. The summed E-state index contributed by atoms with van der Waals surface area (Å²) in [4.78, 5) is 64.0. The number of hydrogen-bond acceptors (Lipinski definition) is 8. The number of thiazole rings is 1. The van der Waals surface area contributed by atoms with Gasteiger partial charge in [0.25, 0.3) is 0 Å². The van der Waals surface area contributed by atoms with Crippen molar-refractivity contribution in [2.45, 2.75) is 43.8 Å². The van der Waals surface area contributed by atoms with E-state index in [-0.39, 0.29) is 42.1 Å². The SMILES string of the molecule is NC(N)=NCCCC(NC(=O)[C@@H]1CSC[C@H]2CN(C(=O)CCc3ccccc3)CC(=O)N21)C(=O)c1nccs1. The number of aryl methyl sites for hydroxylation is 1. The molecule has 13 heteroatoms. The lowest BCUT2D eigenvalue weighted by Crippen LogP contribution is -2.67. The molecule has 4 rings (SSSR count). The fourth-order valence-corrected chi connectivity index (χ4v) is 6.63. The second-order valence-electron chi connectivity index (χ2n) is 9.48. The average Bonchev–Trinajstić information content (AvgIpc) is 3.48. The summed E-state index contributed by atoms with van der Waals surface area (Å²) in [5.74, 6) is 0.0153. The number of rotatable bonds is 11. The van der Waals surface area contributed by atoms with Crippen molar-refractivity contribution in [2.24, 2.45) is 16.5 Å². The fraction of sp³-hybridized carbons (Fsp3) is 0.462. The molecule has 0 saturated carbocycles. The first kappa shape index (κ1) is 28.6. The topological polar surface area (TPSA) is 164 Å². The summed E-state index contributed by atoms with van der Waals surface area (Å²) in [6.07, 6.45) is 3.27. The molecule has 2 fully saturated rings. The number of fused-ring (bicyclic) bond motifs is 1. The van der Waals surface area contributed by atoms with Crippen LogP contribution in [0, 0.1) is 0 Å². The van der Waals surface area contributed by atoms with Crippen LogP contribution < -0.4 is 16.8 Å². The monoisotopic (exact) mass is 571 g/mol. The van der Waals surface area contributed by atoms with E-state index >= 15 is 0 Å². The lowest BCUT2D eigenvalue weighted by Gasteiger charge is -2.47. The highest BCUT2D eigenvalue weighted by molar-refractivity contribution is 7.99. The lowest BCUT2D eigenvalue weighted by atomic mass is 10.0. The van der Waals surface area contributed by atoms with Crippen molar-refractivity contribution in [3.63, 3.8) is 0 Å². The van der Waals surface area contributed by atoms with Crippen molar-refractivity contribution in [1.82, 2.24) is 20.1 Å². The molecule has 2 aromatic rings. The molecule has 3 amide bonds. The van der Waals surface area contributed by atoms with Crippen LogP contribution in [0.3, 0.4) is 0 Å². The van der Waals surface area contributed by atoms with Crippen molar-refractivity contribution >= 4 is 52.6 Å². The minimum absolute atomic E-state index is 0.0386. The summed E-state index contributed by atoms with van der Waals surface area (Å²) in [6, 6.07) is 7.94. The normalized spacial score (nSPS) is 19.6. The number of carbonyl (C=O) groups excluding carboxylic acids is 4. The van der Waals surface area contributed by atoms with Crippen molar-refractivity contribution in [1.29, 1.82) is 0 Å². The number of nitrogens with two attached hydrogens (primary N) is 2. The number of hydrogen-bond donors (Lipinski definition) is 3. The minimum Gasteiger partial charge on any atom is -0.370 e. The van der Waals surface area contributed by atoms with E-state index in [9.17, 15) is 19.2 Å². The van der Waals surface area contributed by atoms with Crippen molar-refractivity contribution < 1.29 is 19.2 Å². The van der Waals surface area contributed by atoms with E-state index in [0.717, 1.165) is 5.56 Å². The molecule has 3 atom stereocenters. The average molecular weight is 572 g/mol. The van der Waals surface area contributed by atoms with Crippen molar-refractivity contribution in [2.75, 3.05) is 31.1 Å². The van der Waals surface area contributed by atoms with E-state index in [1.165, 1.54) is 17.5 Å². The number of aliphatic imine (C=N–C) groups is 1. The van der Waals surface area contributed by atoms with Gasteiger partial charge in [0.1, 0.15) is 6.04 Å². The van der Waals surface area contributed by atoms with Gasteiger partial charge in [0.2, 0.25) is 23.5 Å². The first-order valence-electron chi connectivity index (χ1n) is 12.8. The molecule has 2 saturated heterocycles. The predicted molar refractivity (Wildman–Crippen MR) is 151 cm³/mol. The van der Waals surface area contributed by atoms with Crippen LogP contribution in [0.5, 0.6) is 0 Å². The van der Waals surface area contributed by atoms with Gasteiger partial charge < -0.3 is 26.6 Å². The number of ketones is 1. The quantitative estimate of drug-likeness (QED) is 0.153. The largest absolute Gasteiger partial charge is 0.370 e. The molecule has 1 aromatic heterocycles. The Balaban J connectivity index is 1.39. The van der Waals surface area contributed by atoms with Crippen LogP contribution in [0.2, 0.25) is 0 Å². The van der Waals surface area contributed by atoms with Crippen LogP contribution in [-0.2, 0) is 20.8 Å². The van der Waals surface area contributed by atoms with E-state index in [2.05, 4.69) is 15.3 Å². The number of nitrogens with zero attached hydrogens (tertiary/aromatic N) is 4. The number of nitrogens with one attached hydrogen (secondary N) is 1. The molecule has 3 heterocycles. The highest BCUT2D eigenvalue weighted by atomic mass is 32.2. The Kier molecular flexibility index (Phi) is 9.93. The van der Waals surface area contributed by atoms with Gasteiger partial charge >= 0.3 is 0 Å². The molecule has 1 unspecified atom stereocenters. The minimum atomic E-state index is -0.820. The van der Waals surface area contributed by atoms with Crippen LogP contribution in [0.25, 0.3) is 0 Å². The van der Waals surface area contributed by atoms with Gasteiger partial charge in [-0.3, -0.25) is 24.2 Å². The molecular formula is C26H33N7O4S2. The summed E-state index contributed by atoms with van der Waals surface area (Å²) < 4.78 is 0. The van der Waals surface area contributed by atoms with Gasteiger partial charge in [-0.25, -0.2) is 4.98 Å². The number of aromatic nitrogens is 1. The molecule has 2 aliphatic heterocycles. The van der Waals surface area contributed by atoms with Crippen molar-refractivity contribution in [3.8, 4) is 0 Å². The number of Topliss-reactive ketones (excluding diaryl/α,β-unsaturated/α-hetero) is 1. The van der Waals surface area contributed by atoms with Gasteiger partial charge in [0, 0.05) is 42.6 Å². The number of carbonyl (C=O) groups is 4. The highest BCUT2D eigenvalue weighted by Crippen LogP contribution is 2.27. The van der Waals surface area contributed by atoms with Gasteiger partial charge in [-0.2, -0.15) is 11.8 Å². The maximum Gasteiger partial charge on any atom is 0.244 e. The molecule has 1 aromatic carbocycles. The Morgan fingerprint density at radius 1 is 1.18 bits per heavy atom. The zero-order chi connectivity index (χ0) is 27.8. The van der Waals surface area contributed by atoms with Gasteiger partial charge in [-0.05, 0) is 24.8 Å². The van der Waals surface area contributed by atoms with E-state index in [0.29, 0.717) is 55.3 Å². The highest BCUT2D eigenvalue weighted by Gasteiger charge is 2.44.